The van der Waals surface area contributed by atoms with E-state index in [2.05, 4.69) is 5.32 Å². The largest absolute Gasteiger partial charge is 0.504 e. The van der Waals surface area contributed by atoms with E-state index in [4.69, 9.17) is 16.3 Å². The van der Waals surface area contributed by atoms with E-state index in [1.165, 1.54) is 7.11 Å². The summed E-state index contributed by atoms with van der Waals surface area (Å²) in [5.41, 5.74) is 2.87. The number of phenolic OH excluding ortho intramolecular Hbond substituents is 1. The van der Waals surface area contributed by atoms with Crippen LogP contribution in [0.5, 0.6) is 11.5 Å². The summed E-state index contributed by atoms with van der Waals surface area (Å²) >= 11 is 6.12. The molecule has 2 aromatic rings. The van der Waals surface area contributed by atoms with Crippen LogP contribution in [0.2, 0.25) is 5.02 Å². The van der Waals surface area contributed by atoms with Crippen molar-refractivity contribution in [2.75, 3.05) is 14.2 Å². The predicted molar refractivity (Wildman–Crippen MR) is 114 cm³/mol. The molecule has 1 heterocycles. The third-order valence-electron chi connectivity index (χ3n) is 6.33. The van der Waals surface area contributed by atoms with Gasteiger partial charge in [0, 0.05) is 17.1 Å². The van der Waals surface area contributed by atoms with Gasteiger partial charge in [-0.1, -0.05) is 23.7 Å². The maximum absolute atomic E-state index is 13.3. The summed E-state index contributed by atoms with van der Waals surface area (Å²) in [6.07, 6.45) is 4.37. The van der Waals surface area contributed by atoms with E-state index in [1.807, 2.05) is 36.2 Å². The number of ether oxygens (including phenoxy) is 1. The van der Waals surface area contributed by atoms with Gasteiger partial charge < -0.3 is 20.1 Å². The van der Waals surface area contributed by atoms with E-state index in [1.54, 1.807) is 12.1 Å². The van der Waals surface area contributed by atoms with Crippen molar-refractivity contribution < 1.29 is 14.6 Å². The summed E-state index contributed by atoms with van der Waals surface area (Å²) in [5, 5.41) is 14.5. The Labute approximate surface area is 176 Å². The molecular weight excluding hydrogens is 388 g/mol. The van der Waals surface area contributed by atoms with Crippen LogP contribution in [0.3, 0.4) is 0 Å². The Morgan fingerprint density at radius 3 is 2.45 bits per heavy atom. The molecule has 0 bridgehead atoms. The second-order valence-corrected chi connectivity index (χ2v) is 8.39. The lowest BCUT2D eigenvalue weighted by molar-refractivity contribution is -0.136. The van der Waals surface area contributed by atoms with Crippen LogP contribution in [0.4, 0.5) is 0 Å². The number of methoxy groups -OCH3 is 1. The van der Waals surface area contributed by atoms with Gasteiger partial charge in [-0.25, -0.2) is 0 Å². The molecule has 2 N–H and O–H groups in total. The Kier molecular flexibility index (Phi) is 5.70. The quantitative estimate of drug-likeness (QED) is 0.792. The molecule has 1 aliphatic carbocycles. The molecule has 0 radical (unpaired) electrons. The van der Waals surface area contributed by atoms with Crippen molar-refractivity contribution in [3.63, 3.8) is 0 Å². The lowest BCUT2D eigenvalue weighted by atomic mass is 9.82. The number of carbonyl (C=O) groups excluding carboxylic acids is 1. The topological polar surface area (TPSA) is 61.8 Å². The van der Waals surface area contributed by atoms with Crippen LogP contribution in [0, 0.1) is 0 Å². The van der Waals surface area contributed by atoms with Crippen molar-refractivity contribution in [2.45, 2.75) is 50.2 Å². The maximum Gasteiger partial charge on any atom is 0.228 e. The van der Waals surface area contributed by atoms with E-state index in [9.17, 15) is 9.90 Å². The van der Waals surface area contributed by atoms with E-state index in [-0.39, 0.29) is 23.7 Å². The van der Waals surface area contributed by atoms with Gasteiger partial charge in [-0.05, 0) is 73.7 Å². The molecule has 1 amide bonds. The number of fused-ring (bicyclic) bond motifs is 1. The molecule has 2 aromatic carbocycles. The number of phenols is 1. The second-order valence-electron chi connectivity index (χ2n) is 7.95. The van der Waals surface area contributed by atoms with Crippen LogP contribution in [-0.2, 0) is 11.2 Å². The van der Waals surface area contributed by atoms with Gasteiger partial charge >= 0.3 is 0 Å². The SMILES string of the molecule is CN[C@H]1CC[C@H](N2C(=O)Cc3cc(OC)c(O)cc3C2c2ccc(Cl)cc2)CC1. The summed E-state index contributed by atoms with van der Waals surface area (Å²) < 4.78 is 5.27. The van der Waals surface area contributed by atoms with Crippen LogP contribution in [0.15, 0.2) is 36.4 Å². The van der Waals surface area contributed by atoms with Crippen molar-refractivity contribution in [1.29, 1.82) is 0 Å². The van der Waals surface area contributed by atoms with Gasteiger partial charge in [0.15, 0.2) is 11.5 Å². The standard InChI is InChI=1S/C23H27ClN2O3/c1-25-17-7-9-18(10-8-17)26-22(28)12-15-11-21(29-2)20(27)13-19(15)23(26)14-3-5-16(24)6-4-14/h3-6,11,13,17-18,23,25,27H,7-10,12H2,1-2H3/t17-,18-,23?. The Hall–Kier alpha value is -2.24. The monoisotopic (exact) mass is 414 g/mol. The third kappa shape index (κ3) is 3.81. The van der Waals surface area contributed by atoms with E-state index in [0.29, 0.717) is 23.2 Å². The first kappa shape index (κ1) is 20.0. The van der Waals surface area contributed by atoms with Gasteiger partial charge in [-0.3, -0.25) is 4.79 Å². The summed E-state index contributed by atoms with van der Waals surface area (Å²) in [6.45, 7) is 0. The van der Waals surface area contributed by atoms with E-state index >= 15 is 0 Å². The van der Waals surface area contributed by atoms with Crippen molar-refractivity contribution in [2.24, 2.45) is 0 Å². The molecule has 0 saturated heterocycles. The molecule has 29 heavy (non-hydrogen) atoms. The number of nitrogens with zero attached hydrogens (tertiary/aromatic N) is 1. The molecule has 4 rings (SSSR count). The second kappa shape index (κ2) is 8.25. The Morgan fingerprint density at radius 1 is 1.14 bits per heavy atom. The average molecular weight is 415 g/mol. The number of hydrogen-bond donors (Lipinski definition) is 2. The Balaban J connectivity index is 1.78. The van der Waals surface area contributed by atoms with Gasteiger partial charge in [0.05, 0.1) is 19.6 Å². The summed E-state index contributed by atoms with van der Waals surface area (Å²) in [6, 6.07) is 11.7. The Bertz CT molecular complexity index is 892. The number of hydrogen-bond acceptors (Lipinski definition) is 4. The highest BCUT2D eigenvalue weighted by Crippen LogP contribution is 2.43. The van der Waals surface area contributed by atoms with Gasteiger partial charge in [0.2, 0.25) is 5.91 Å². The van der Waals surface area contributed by atoms with Gasteiger partial charge in [0.1, 0.15) is 0 Å². The number of aromatic hydroxyl groups is 1. The predicted octanol–water partition coefficient (Wildman–Crippen LogP) is 4.06. The number of rotatable bonds is 4. The van der Waals surface area contributed by atoms with Gasteiger partial charge in [-0.2, -0.15) is 0 Å². The molecule has 1 aliphatic heterocycles. The van der Waals surface area contributed by atoms with Crippen molar-refractivity contribution in [3.8, 4) is 11.5 Å². The molecule has 6 heteroatoms. The molecule has 1 atom stereocenters. The van der Waals surface area contributed by atoms with Crippen LogP contribution in [0.25, 0.3) is 0 Å². The number of nitrogens with one attached hydrogen (secondary N) is 1. The van der Waals surface area contributed by atoms with Gasteiger partial charge in [0.25, 0.3) is 0 Å². The highest BCUT2D eigenvalue weighted by Gasteiger charge is 2.39. The fourth-order valence-electron chi connectivity index (χ4n) is 4.79. The first-order valence-corrected chi connectivity index (χ1v) is 10.5. The molecule has 0 spiro atoms. The zero-order valence-electron chi connectivity index (χ0n) is 16.8. The number of amides is 1. The van der Waals surface area contributed by atoms with Crippen molar-refractivity contribution >= 4 is 17.5 Å². The summed E-state index contributed by atoms with van der Waals surface area (Å²) in [7, 11) is 3.52. The maximum atomic E-state index is 13.3. The molecule has 2 aliphatic rings. The lowest BCUT2D eigenvalue weighted by Crippen LogP contribution is -2.49. The van der Waals surface area contributed by atoms with Crippen LogP contribution in [-0.4, -0.2) is 42.2 Å². The first-order chi connectivity index (χ1) is 14.0. The summed E-state index contributed by atoms with van der Waals surface area (Å²) in [5.74, 6) is 0.617. The van der Waals surface area contributed by atoms with Crippen LogP contribution >= 0.6 is 11.6 Å². The number of carbonyl (C=O) groups is 1. The minimum Gasteiger partial charge on any atom is -0.504 e. The zero-order valence-corrected chi connectivity index (χ0v) is 17.6. The molecule has 5 nitrogen and oxygen atoms in total. The highest BCUT2D eigenvalue weighted by molar-refractivity contribution is 6.30. The third-order valence-corrected chi connectivity index (χ3v) is 6.58. The molecule has 1 unspecified atom stereocenters. The highest BCUT2D eigenvalue weighted by atomic mass is 35.5. The fraction of sp³-hybridized carbons (Fsp3) is 0.435. The average Bonchev–Trinajstić information content (AvgIpc) is 2.73. The van der Waals surface area contributed by atoms with Crippen LogP contribution < -0.4 is 10.1 Å². The van der Waals surface area contributed by atoms with Crippen molar-refractivity contribution in [3.05, 3.63) is 58.1 Å². The number of benzene rings is 2. The van der Waals surface area contributed by atoms with Crippen molar-refractivity contribution in [1.82, 2.24) is 10.2 Å². The Morgan fingerprint density at radius 2 is 1.83 bits per heavy atom. The van der Waals surface area contributed by atoms with E-state index < -0.39 is 0 Å². The molecule has 154 valence electrons. The smallest absolute Gasteiger partial charge is 0.228 e. The number of halogens is 1. The first-order valence-electron chi connectivity index (χ1n) is 10.2. The van der Waals surface area contributed by atoms with E-state index in [0.717, 1.165) is 42.4 Å². The molecular formula is C23H27ClN2O3. The fourth-order valence-corrected chi connectivity index (χ4v) is 4.91. The molecule has 1 saturated carbocycles. The minimum atomic E-state index is -0.239. The lowest BCUT2D eigenvalue weighted by Gasteiger charge is -2.45. The van der Waals surface area contributed by atoms with Crippen LogP contribution in [0.1, 0.15) is 48.4 Å². The molecule has 1 fully saturated rings. The minimum absolute atomic E-state index is 0.0957. The normalized spacial score (nSPS) is 24.3. The zero-order chi connectivity index (χ0) is 20.5. The van der Waals surface area contributed by atoms with Gasteiger partial charge in [-0.15, -0.1) is 0 Å². The summed E-state index contributed by atoms with van der Waals surface area (Å²) in [4.78, 5) is 15.4. The molecule has 0 aromatic heterocycles.